The third-order valence-corrected chi connectivity index (χ3v) is 6.81. The first kappa shape index (κ1) is 23.6. The quantitative estimate of drug-likeness (QED) is 0.635. The number of morpholine rings is 1. The molecule has 1 aliphatic heterocycles. The van der Waals surface area contributed by atoms with Crippen molar-refractivity contribution in [3.05, 3.63) is 42.1 Å². The molecule has 2 aliphatic rings. The molecular weight excluding hydrogens is 414 g/mol. The number of hydrogen-bond acceptors (Lipinski definition) is 5. The maximum atomic E-state index is 12.8. The van der Waals surface area contributed by atoms with E-state index in [1.165, 1.54) is 32.1 Å². The maximum absolute atomic E-state index is 12.8. The summed E-state index contributed by atoms with van der Waals surface area (Å²) in [5.41, 5.74) is 2.97. The van der Waals surface area contributed by atoms with Crippen molar-refractivity contribution in [3.8, 4) is 16.9 Å². The molecule has 2 fully saturated rings. The molecular formula is C27H37N3O3. The zero-order valence-electron chi connectivity index (χ0n) is 20.0. The summed E-state index contributed by atoms with van der Waals surface area (Å²) in [4.78, 5) is 20.0. The largest absolute Gasteiger partial charge is 0.494 e. The summed E-state index contributed by atoms with van der Waals surface area (Å²) in [7, 11) is 0. The maximum Gasteiger partial charge on any atom is 0.226 e. The van der Waals surface area contributed by atoms with Crippen LogP contribution in [0.25, 0.3) is 11.1 Å². The number of amides is 1. The minimum Gasteiger partial charge on any atom is -0.494 e. The van der Waals surface area contributed by atoms with Gasteiger partial charge in [-0.3, -0.25) is 4.79 Å². The van der Waals surface area contributed by atoms with Crippen molar-refractivity contribution in [2.24, 2.45) is 5.92 Å². The number of aromatic nitrogens is 1. The van der Waals surface area contributed by atoms with E-state index in [1.54, 1.807) is 0 Å². The number of ether oxygens (including phenoxy) is 2. The Labute approximate surface area is 197 Å². The standard InChI is InChI=1S/C27H37N3O3/c1-3-33-24-12-9-22(10-13-24)25-14-11-23(29-27(25)30-15-17-32-18-16-30)19-26(31)28-20(2)21-7-5-4-6-8-21/h9-14,20-21H,3-8,15-19H2,1-2H3,(H,28,31)/t20-/m0/s1. The highest BCUT2D eigenvalue weighted by Crippen LogP contribution is 2.32. The molecule has 178 valence electrons. The molecule has 1 aliphatic carbocycles. The van der Waals surface area contributed by atoms with Gasteiger partial charge in [0.2, 0.25) is 5.91 Å². The van der Waals surface area contributed by atoms with Gasteiger partial charge in [0.15, 0.2) is 0 Å². The Morgan fingerprint density at radius 1 is 1.12 bits per heavy atom. The van der Waals surface area contributed by atoms with Gasteiger partial charge in [0.1, 0.15) is 11.6 Å². The molecule has 2 aromatic rings. The van der Waals surface area contributed by atoms with E-state index in [0.29, 0.717) is 32.2 Å². The predicted molar refractivity (Wildman–Crippen MR) is 132 cm³/mol. The van der Waals surface area contributed by atoms with E-state index in [-0.39, 0.29) is 11.9 Å². The molecule has 0 bridgehead atoms. The predicted octanol–water partition coefficient (Wildman–Crippen LogP) is 4.61. The lowest BCUT2D eigenvalue weighted by Crippen LogP contribution is -2.40. The topological polar surface area (TPSA) is 63.7 Å². The van der Waals surface area contributed by atoms with Gasteiger partial charge in [-0.15, -0.1) is 0 Å². The van der Waals surface area contributed by atoms with Crippen LogP contribution >= 0.6 is 0 Å². The summed E-state index contributed by atoms with van der Waals surface area (Å²) < 4.78 is 11.1. The van der Waals surface area contributed by atoms with Gasteiger partial charge in [-0.2, -0.15) is 0 Å². The third-order valence-electron chi connectivity index (χ3n) is 6.81. The van der Waals surface area contributed by atoms with Gasteiger partial charge < -0.3 is 19.7 Å². The fourth-order valence-electron chi connectivity index (χ4n) is 4.95. The van der Waals surface area contributed by atoms with E-state index in [0.717, 1.165) is 41.5 Å². The molecule has 1 atom stereocenters. The third kappa shape index (κ3) is 6.26. The van der Waals surface area contributed by atoms with E-state index >= 15 is 0 Å². The summed E-state index contributed by atoms with van der Waals surface area (Å²) in [5, 5.41) is 3.24. The van der Waals surface area contributed by atoms with Crippen LogP contribution in [0.2, 0.25) is 0 Å². The van der Waals surface area contributed by atoms with E-state index in [2.05, 4.69) is 35.3 Å². The summed E-state index contributed by atoms with van der Waals surface area (Å²) >= 11 is 0. The highest BCUT2D eigenvalue weighted by atomic mass is 16.5. The average molecular weight is 452 g/mol. The van der Waals surface area contributed by atoms with Crippen LogP contribution in [0, 0.1) is 5.92 Å². The van der Waals surface area contributed by atoms with Gasteiger partial charge in [-0.05, 0) is 62.4 Å². The Bertz CT molecular complexity index is 903. The van der Waals surface area contributed by atoms with Crippen molar-refractivity contribution in [2.75, 3.05) is 37.8 Å². The van der Waals surface area contributed by atoms with Crippen molar-refractivity contribution in [1.29, 1.82) is 0 Å². The number of pyridine rings is 1. The average Bonchev–Trinajstić information content (AvgIpc) is 2.86. The number of nitrogens with one attached hydrogen (secondary N) is 1. The molecule has 1 saturated heterocycles. The van der Waals surface area contributed by atoms with Gasteiger partial charge in [-0.1, -0.05) is 31.4 Å². The highest BCUT2D eigenvalue weighted by molar-refractivity contribution is 5.80. The van der Waals surface area contributed by atoms with E-state index in [1.807, 2.05) is 25.1 Å². The number of rotatable bonds is 8. The van der Waals surface area contributed by atoms with Crippen LogP contribution in [-0.4, -0.2) is 49.8 Å². The van der Waals surface area contributed by atoms with Crippen molar-refractivity contribution < 1.29 is 14.3 Å². The summed E-state index contributed by atoms with van der Waals surface area (Å²) in [6.07, 6.45) is 6.63. The Kier molecular flexibility index (Phi) is 8.21. The summed E-state index contributed by atoms with van der Waals surface area (Å²) in [5.74, 6) is 2.44. The van der Waals surface area contributed by atoms with Gasteiger partial charge in [0.25, 0.3) is 0 Å². The number of nitrogens with zero attached hydrogens (tertiary/aromatic N) is 2. The van der Waals surface area contributed by atoms with Crippen LogP contribution in [0.4, 0.5) is 5.82 Å². The lowest BCUT2D eigenvalue weighted by atomic mass is 9.84. The number of anilines is 1. The number of carbonyl (C=O) groups is 1. The smallest absolute Gasteiger partial charge is 0.226 e. The Morgan fingerprint density at radius 2 is 1.85 bits per heavy atom. The van der Waals surface area contributed by atoms with Crippen LogP contribution in [0.3, 0.4) is 0 Å². The van der Waals surface area contributed by atoms with Gasteiger partial charge in [0.05, 0.1) is 31.9 Å². The second-order valence-corrected chi connectivity index (χ2v) is 9.16. The molecule has 0 spiro atoms. The molecule has 33 heavy (non-hydrogen) atoms. The molecule has 1 aromatic heterocycles. The molecule has 6 nitrogen and oxygen atoms in total. The minimum atomic E-state index is 0.0577. The van der Waals surface area contributed by atoms with Gasteiger partial charge in [-0.25, -0.2) is 4.98 Å². The first-order valence-corrected chi connectivity index (χ1v) is 12.5. The minimum absolute atomic E-state index is 0.0577. The second kappa shape index (κ2) is 11.5. The molecule has 0 radical (unpaired) electrons. The first-order chi connectivity index (χ1) is 16.1. The van der Waals surface area contributed by atoms with Crippen molar-refractivity contribution in [2.45, 2.75) is 58.4 Å². The second-order valence-electron chi connectivity index (χ2n) is 9.16. The Balaban J connectivity index is 1.51. The van der Waals surface area contributed by atoms with E-state index in [9.17, 15) is 4.79 Å². The molecule has 1 aromatic carbocycles. The van der Waals surface area contributed by atoms with Gasteiger partial charge >= 0.3 is 0 Å². The molecule has 6 heteroatoms. The van der Waals surface area contributed by atoms with E-state index < -0.39 is 0 Å². The zero-order valence-corrected chi connectivity index (χ0v) is 20.0. The summed E-state index contributed by atoms with van der Waals surface area (Å²) in [6, 6.07) is 12.4. The molecule has 2 heterocycles. The zero-order chi connectivity index (χ0) is 23.0. The first-order valence-electron chi connectivity index (χ1n) is 12.5. The molecule has 1 amide bonds. The fourth-order valence-corrected chi connectivity index (χ4v) is 4.95. The van der Waals surface area contributed by atoms with Crippen LogP contribution in [0.5, 0.6) is 5.75 Å². The molecule has 1 N–H and O–H groups in total. The molecule has 1 saturated carbocycles. The highest BCUT2D eigenvalue weighted by Gasteiger charge is 2.23. The van der Waals surface area contributed by atoms with Crippen LogP contribution in [0.1, 0.15) is 51.6 Å². The van der Waals surface area contributed by atoms with Crippen molar-refractivity contribution in [1.82, 2.24) is 10.3 Å². The van der Waals surface area contributed by atoms with Crippen LogP contribution < -0.4 is 15.0 Å². The molecule has 4 rings (SSSR count). The van der Waals surface area contributed by atoms with Gasteiger partial charge in [0, 0.05) is 24.7 Å². The Morgan fingerprint density at radius 3 is 2.55 bits per heavy atom. The lowest BCUT2D eigenvalue weighted by molar-refractivity contribution is -0.121. The van der Waals surface area contributed by atoms with Crippen LogP contribution in [-0.2, 0) is 16.0 Å². The molecule has 0 unspecified atom stereocenters. The normalized spacial score (nSPS) is 18.1. The lowest BCUT2D eigenvalue weighted by Gasteiger charge is -2.30. The SMILES string of the molecule is CCOc1ccc(-c2ccc(CC(=O)N[C@@H](C)C3CCCCC3)nc2N2CCOCC2)cc1. The number of hydrogen-bond donors (Lipinski definition) is 1. The monoisotopic (exact) mass is 451 g/mol. The van der Waals surface area contributed by atoms with E-state index in [4.69, 9.17) is 14.5 Å². The fraction of sp³-hybridized carbons (Fsp3) is 0.556. The number of benzene rings is 1. The Hall–Kier alpha value is -2.60. The number of carbonyl (C=O) groups excluding carboxylic acids is 1. The van der Waals surface area contributed by atoms with Crippen molar-refractivity contribution in [3.63, 3.8) is 0 Å². The van der Waals surface area contributed by atoms with Crippen LogP contribution in [0.15, 0.2) is 36.4 Å². The summed E-state index contributed by atoms with van der Waals surface area (Å²) in [6.45, 7) is 7.75. The van der Waals surface area contributed by atoms with Crippen molar-refractivity contribution >= 4 is 11.7 Å².